The standard InChI is InChI=1S/C22H13BrCl3NO/c23-17-4-7-22(28-13-14-2-1-3-18(24)8-14)15(10-17)9-16(12-27)20-6-5-19(25)11-21(20)26/h1-11H,13H2/b16-9+. The van der Waals surface area contributed by atoms with Crippen molar-refractivity contribution in [1.29, 1.82) is 5.26 Å². The Bertz CT molecular complexity index is 1090. The molecule has 0 saturated carbocycles. The van der Waals surface area contributed by atoms with E-state index in [1.54, 1.807) is 24.3 Å². The highest BCUT2D eigenvalue weighted by Crippen LogP contribution is 2.32. The van der Waals surface area contributed by atoms with Crippen LogP contribution >= 0.6 is 50.7 Å². The summed E-state index contributed by atoms with van der Waals surface area (Å²) >= 11 is 21.7. The highest BCUT2D eigenvalue weighted by molar-refractivity contribution is 9.10. The Morgan fingerprint density at radius 1 is 1.00 bits per heavy atom. The zero-order valence-electron chi connectivity index (χ0n) is 14.4. The van der Waals surface area contributed by atoms with Gasteiger partial charge in [0.25, 0.3) is 0 Å². The molecule has 0 aliphatic rings. The minimum atomic E-state index is 0.354. The molecule has 0 radical (unpaired) electrons. The fourth-order valence-electron chi connectivity index (χ4n) is 2.59. The molecule has 0 heterocycles. The molecule has 0 fully saturated rings. The number of allylic oxidation sites excluding steroid dienone is 1. The van der Waals surface area contributed by atoms with E-state index in [0.29, 0.717) is 38.6 Å². The molecule has 0 aromatic heterocycles. The van der Waals surface area contributed by atoms with E-state index in [1.165, 1.54) is 0 Å². The Morgan fingerprint density at radius 2 is 1.79 bits per heavy atom. The molecule has 3 rings (SSSR count). The van der Waals surface area contributed by atoms with Crippen LogP contribution in [-0.2, 0) is 6.61 Å². The monoisotopic (exact) mass is 491 g/mol. The Labute approximate surface area is 187 Å². The summed E-state index contributed by atoms with van der Waals surface area (Å²) in [4.78, 5) is 0. The van der Waals surface area contributed by atoms with Crippen LogP contribution in [0.15, 0.2) is 65.1 Å². The molecule has 0 spiro atoms. The molecule has 3 aromatic rings. The summed E-state index contributed by atoms with van der Waals surface area (Å²) in [5, 5.41) is 11.2. The third-order valence-electron chi connectivity index (χ3n) is 3.90. The zero-order valence-corrected chi connectivity index (χ0v) is 18.3. The summed E-state index contributed by atoms with van der Waals surface area (Å²) in [6, 6.07) is 20.3. The lowest BCUT2D eigenvalue weighted by Gasteiger charge is -2.11. The van der Waals surface area contributed by atoms with E-state index in [2.05, 4.69) is 22.0 Å². The number of ether oxygens (including phenoxy) is 1. The van der Waals surface area contributed by atoms with E-state index in [1.807, 2.05) is 42.5 Å². The molecule has 3 aromatic carbocycles. The Morgan fingerprint density at radius 3 is 2.50 bits per heavy atom. The van der Waals surface area contributed by atoms with E-state index in [9.17, 15) is 5.26 Å². The van der Waals surface area contributed by atoms with Crippen molar-refractivity contribution >= 4 is 62.4 Å². The zero-order chi connectivity index (χ0) is 20.1. The fourth-order valence-corrected chi connectivity index (χ4v) is 3.69. The molecular weight excluding hydrogens is 481 g/mol. The minimum Gasteiger partial charge on any atom is -0.488 e. The molecule has 28 heavy (non-hydrogen) atoms. The smallest absolute Gasteiger partial charge is 0.127 e. The van der Waals surface area contributed by atoms with Crippen molar-refractivity contribution in [2.24, 2.45) is 0 Å². The van der Waals surface area contributed by atoms with Crippen LogP contribution in [0.25, 0.3) is 11.6 Å². The van der Waals surface area contributed by atoms with Crippen molar-refractivity contribution in [2.75, 3.05) is 0 Å². The lowest BCUT2D eigenvalue weighted by atomic mass is 10.0. The maximum absolute atomic E-state index is 9.66. The van der Waals surface area contributed by atoms with E-state index in [4.69, 9.17) is 39.5 Å². The molecule has 0 amide bonds. The molecule has 0 saturated heterocycles. The molecule has 0 bridgehead atoms. The first kappa shape index (κ1) is 20.8. The van der Waals surface area contributed by atoms with Crippen LogP contribution in [0, 0.1) is 11.3 Å². The van der Waals surface area contributed by atoms with Gasteiger partial charge in [-0.2, -0.15) is 5.26 Å². The van der Waals surface area contributed by atoms with E-state index < -0.39 is 0 Å². The SMILES string of the molecule is N#C/C(=C\c1cc(Br)ccc1OCc1cccc(Cl)c1)c1ccc(Cl)cc1Cl. The van der Waals surface area contributed by atoms with Gasteiger partial charge in [0.05, 0.1) is 16.7 Å². The third-order valence-corrected chi connectivity index (χ3v) is 5.17. The maximum atomic E-state index is 9.66. The van der Waals surface area contributed by atoms with Crippen molar-refractivity contribution in [3.05, 3.63) is 96.9 Å². The second-order valence-electron chi connectivity index (χ2n) is 5.89. The van der Waals surface area contributed by atoms with E-state index >= 15 is 0 Å². The number of nitriles is 1. The number of rotatable bonds is 5. The summed E-state index contributed by atoms with van der Waals surface area (Å²) in [6.45, 7) is 0.354. The van der Waals surface area contributed by atoms with Crippen molar-refractivity contribution in [1.82, 2.24) is 0 Å². The van der Waals surface area contributed by atoms with E-state index in [0.717, 1.165) is 15.6 Å². The number of halogens is 4. The largest absolute Gasteiger partial charge is 0.488 e. The van der Waals surface area contributed by atoms with Gasteiger partial charge >= 0.3 is 0 Å². The second kappa shape index (κ2) is 9.49. The minimum absolute atomic E-state index is 0.354. The molecule has 0 unspecified atom stereocenters. The van der Waals surface area contributed by atoms with Crippen molar-refractivity contribution in [2.45, 2.75) is 6.61 Å². The van der Waals surface area contributed by atoms with Crippen LogP contribution in [0.2, 0.25) is 15.1 Å². The van der Waals surface area contributed by atoms with Crippen molar-refractivity contribution < 1.29 is 4.74 Å². The van der Waals surface area contributed by atoms with Crippen molar-refractivity contribution in [3.8, 4) is 11.8 Å². The van der Waals surface area contributed by atoms with Crippen molar-refractivity contribution in [3.63, 3.8) is 0 Å². The van der Waals surface area contributed by atoms with Gasteiger partial charge in [-0.05, 0) is 54.1 Å². The van der Waals surface area contributed by atoms with Gasteiger partial charge in [0.2, 0.25) is 0 Å². The van der Waals surface area contributed by atoms with Gasteiger partial charge < -0.3 is 4.74 Å². The van der Waals surface area contributed by atoms with Gasteiger partial charge in [-0.1, -0.05) is 68.9 Å². The molecule has 0 N–H and O–H groups in total. The first-order valence-electron chi connectivity index (χ1n) is 8.20. The summed E-state index contributed by atoms with van der Waals surface area (Å²) in [5.74, 6) is 0.640. The summed E-state index contributed by atoms with van der Waals surface area (Å²) in [5.41, 5.74) is 2.72. The first-order chi connectivity index (χ1) is 13.5. The number of nitrogens with zero attached hydrogens (tertiary/aromatic N) is 1. The topological polar surface area (TPSA) is 33.0 Å². The van der Waals surface area contributed by atoms with Crippen LogP contribution in [0.4, 0.5) is 0 Å². The highest BCUT2D eigenvalue weighted by atomic mass is 79.9. The summed E-state index contributed by atoms with van der Waals surface area (Å²) in [6.07, 6.45) is 1.74. The summed E-state index contributed by atoms with van der Waals surface area (Å²) < 4.78 is 6.85. The molecule has 0 aliphatic heterocycles. The summed E-state index contributed by atoms with van der Waals surface area (Å²) in [7, 11) is 0. The molecule has 0 atom stereocenters. The highest BCUT2D eigenvalue weighted by Gasteiger charge is 2.10. The lowest BCUT2D eigenvalue weighted by molar-refractivity contribution is 0.305. The Hall–Kier alpha value is -1.96. The molecule has 0 aliphatic carbocycles. The number of hydrogen-bond donors (Lipinski definition) is 0. The van der Waals surface area contributed by atoms with Crippen LogP contribution < -0.4 is 4.74 Å². The van der Waals surface area contributed by atoms with Crippen LogP contribution in [-0.4, -0.2) is 0 Å². The molecule has 2 nitrogen and oxygen atoms in total. The maximum Gasteiger partial charge on any atom is 0.127 e. The predicted molar refractivity (Wildman–Crippen MR) is 120 cm³/mol. The van der Waals surface area contributed by atoms with E-state index in [-0.39, 0.29) is 0 Å². The predicted octanol–water partition coefficient (Wildman–Crippen LogP) is 8.05. The molecule has 140 valence electrons. The molecule has 6 heteroatoms. The fraction of sp³-hybridized carbons (Fsp3) is 0.0455. The van der Waals surface area contributed by atoms with Gasteiger partial charge in [0.15, 0.2) is 0 Å². The third kappa shape index (κ3) is 5.31. The first-order valence-corrected chi connectivity index (χ1v) is 10.1. The lowest BCUT2D eigenvalue weighted by Crippen LogP contribution is -1.97. The number of benzene rings is 3. The second-order valence-corrected chi connectivity index (χ2v) is 8.09. The average Bonchev–Trinajstić information content (AvgIpc) is 2.66. The van der Waals surface area contributed by atoms with Crippen LogP contribution in [0.5, 0.6) is 5.75 Å². The van der Waals surface area contributed by atoms with Crippen LogP contribution in [0.3, 0.4) is 0 Å². The molecular formula is C22H13BrCl3NO. The van der Waals surface area contributed by atoms with Gasteiger partial charge in [0, 0.05) is 25.6 Å². The van der Waals surface area contributed by atoms with Crippen LogP contribution in [0.1, 0.15) is 16.7 Å². The normalized spacial score (nSPS) is 11.2. The Kier molecular flexibility index (Phi) is 7.04. The quantitative estimate of drug-likeness (QED) is 0.266. The van der Waals surface area contributed by atoms with Gasteiger partial charge in [0.1, 0.15) is 12.4 Å². The Balaban J connectivity index is 1.95. The van der Waals surface area contributed by atoms with Gasteiger partial charge in [-0.15, -0.1) is 0 Å². The van der Waals surface area contributed by atoms with Gasteiger partial charge in [-0.25, -0.2) is 0 Å². The average molecular weight is 494 g/mol. The van der Waals surface area contributed by atoms with Gasteiger partial charge in [-0.3, -0.25) is 0 Å². The number of hydrogen-bond acceptors (Lipinski definition) is 2.